The summed E-state index contributed by atoms with van der Waals surface area (Å²) in [4.78, 5) is 17.4. The van der Waals surface area contributed by atoms with E-state index in [1.807, 2.05) is 0 Å². The highest BCUT2D eigenvalue weighted by Crippen LogP contribution is 2.45. The maximum atomic E-state index is 10.7. The summed E-state index contributed by atoms with van der Waals surface area (Å²) < 4.78 is 24.9. The van der Waals surface area contributed by atoms with Crippen molar-refractivity contribution in [1.82, 2.24) is 0 Å². The monoisotopic (exact) mass is 249 g/mol. The Bertz CT molecular complexity index is 429. The maximum Gasteiger partial charge on any atom is 0.524 e. The number of phosphoric ester groups is 1. The van der Waals surface area contributed by atoms with Crippen LogP contribution in [0.3, 0.4) is 0 Å². The molecule has 0 aromatic heterocycles. The lowest BCUT2D eigenvalue weighted by Gasteiger charge is -2.13. The van der Waals surface area contributed by atoms with Crippen molar-refractivity contribution in [2.45, 2.75) is 0 Å². The Labute approximate surface area is 92.0 Å². The number of hydrogen-bond donors (Lipinski definition) is 3. The number of hydrogen-bond acceptors (Lipinski definition) is 5. The number of phosphoric acid groups is 1. The Kier molecular flexibility index (Phi) is 3.64. The number of ether oxygens (including phenoxy) is 2. The molecule has 1 aromatic carbocycles. The van der Waals surface area contributed by atoms with Gasteiger partial charge < -0.3 is 19.7 Å². The van der Waals surface area contributed by atoms with Crippen LogP contribution >= 0.6 is 7.82 Å². The van der Waals surface area contributed by atoms with Gasteiger partial charge in [-0.05, 0) is 0 Å². The van der Waals surface area contributed by atoms with Crippen LogP contribution in [0, 0.1) is 0 Å². The molecule has 0 spiro atoms. The Hall–Kier alpha value is -1.43. The molecular formula is C8H12NO6P. The van der Waals surface area contributed by atoms with Crippen LogP contribution in [0.25, 0.3) is 0 Å². The molecular weight excluding hydrogens is 237 g/mol. The molecule has 0 saturated carbocycles. The van der Waals surface area contributed by atoms with Gasteiger partial charge >= 0.3 is 7.82 Å². The summed E-state index contributed by atoms with van der Waals surface area (Å²) in [7, 11) is -1.95. The summed E-state index contributed by atoms with van der Waals surface area (Å²) >= 11 is 0. The molecule has 7 nitrogen and oxygen atoms in total. The maximum absolute atomic E-state index is 10.7. The van der Waals surface area contributed by atoms with E-state index >= 15 is 0 Å². The Morgan fingerprint density at radius 1 is 1.12 bits per heavy atom. The smallest absolute Gasteiger partial charge is 0.494 e. The van der Waals surface area contributed by atoms with Crippen molar-refractivity contribution in [3.05, 3.63) is 12.1 Å². The molecule has 0 saturated heterocycles. The van der Waals surface area contributed by atoms with Gasteiger partial charge in [-0.25, -0.2) is 4.57 Å². The second kappa shape index (κ2) is 4.61. The molecule has 0 aliphatic heterocycles. The minimum absolute atomic E-state index is 0.113. The molecule has 8 heteroatoms. The zero-order valence-electron chi connectivity index (χ0n) is 8.71. The highest BCUT2D eigenvalue weighted by Gasteiger charge is 2.20. The fourth-order valence-corrected chi connectivity index (χ4v) is 1.49. The predicted molar refractivity (Wildman–Crippen MR) is 56.6 cm³/mol. The molecule has 0 bridgehead atoms. The molecule has 90 valence electrons. The zero-order valence-corrected chi connectivity index (χ0v) is 9.60. The molecule has 0 fully saturated rings. The van der Waals surface area contributed by atoms with Crippen molar-refractivity contribution in [3.8, 4) is 17.2 Å². The van der Waals surface area contributed by atoms with Crippen molar-refractivity contribution in [1.29, 1.82) is 0 Å². The molecule has 16 heavy (non-hydrogen) atoms. The van der Waals surface area contributed by atoms with E-state index in [4.69, 9.17) is 25.0 Å². The van der Waals surface area contributed by atoms with Gasteiger partial charge in [0.15, 0.2) is 11.5 Å². The first-order chi connectivity index (χ1) is 7.37. The Balaban J connectivity index is 3.20. The third-order valence-corrected chi connectivity index (χ3v) is 2.17. The number of rotatable bonds is 4. The van der Waals surface area contributed by atoms with Gasteiger partial charge in [0.2, 0.25) is 0 Å². The summed E-state index contributed by atoms with van der Waals surface area (Å²) in [6.07, 6.45) is 0. The van der Waals surface area contributed by atoms with Gasteiger partial charge in [-0.15, -0.1) is 0 Å². The minimum atomic E-state index is -4.65. The van der Waals surface area contributed by atoms with Crippen molar-refractivity contribution in [2.24, 2.45) is 0 Å². The molecule has 0 aliphatic carbocycles. The first kappa shape index (κ1) is 12.6. The number of methoxy groups -OCH3 is 2. The van der Waals surface area contributed by atoms with E-state index in [9.17, 15) is 4.57 Å². The summed E-state index contributed by atoms with van der Waals surface area (Å²) in [6.45, 7) is 0. The van der Waals surface area contributed by atoms with E-state index in [-0.39, 0.29) is 22.9 Å². The lowest BCUT2D eigenvalue weighted by molar-refractivity contribution is 0.276. The topological polar surface area (TPSA) is 111 Å². The van der Waals surface area contributed by atoms with Crippen LogP contribution in [0.5, 0.6) is 17.2 Å². The number of nitrogens with two attached hydrogens (primary N) is 1. The Morgan fingerprint density at radius 2 is 1.69 bits per heavy atom. The van der Waals surface area contributed by atoms with Crippen LogP contribution in [-0.2, 0) is 4.57 Å². The van der Waals surface area contributed by atoms with E-state index < -0.39 is 7.82 Å². The van der Waals surface area contributed by atoms with Crippen molar-refractivity contribution < 1.29 is 28.3 Å². The van der Waals surface area contributed by atoms with Crippen molar-refractivity contribution in [3.63, 3.8) is 0 Å². The molecule has 0 radical (unpaired) electrons. The molecule has 4 N–H and O–H groups in total. The fraction of sp³-hybridized carbons (Fsp3) is 0.250. The van der Waals surface area contributed by atoms with Crippen LogP contribution in [-0.4, -0.2) is 24.0 Å². The molecule has 1 aromatic rings. The van der Waals surface area contributed by atoms with Gasteiger partial charge in [0, 0.05) is 12.1 Å². The summed E-state index contributed by atoms with van der Waals surface area (Å²) in [5.41, 5.74) is 5.86. The van der Waals surface area contributed by atoms with Gasteiger partial charge in [-0.1, -0.05) is 0 Å². The summed E-state index contributed by atoms with van der Waals surface area (Å²) in [5, 5.41) is 0. The third-order valence-electron chi connectivity index (χ3n) is 1.73. The van der Waals surface area contributed by atoms with Crippen molar-refractivity contribution in [2.75, 3.05) is 20.0 Å². The van der Waals surface area contributed by atoms with Crippen LogP contribution < -0.4 is 19.7 Å². The largest absolute Gasteiger partial charge is 0.524 e. The average Bonchev–Trinajstić information content (AvgIpc) is 2.18. The SMILES string of the molecule is COc1cc(OP(=O)(O)O)c(OC)cc1N. The molecule has 0 heterocycles. The predicted octanol–water partition coefficient (Wildman–Crippen LogP) is 0.758. The quantitative estimate of drug-likeness (QED) is 0.533. The van der Waals surface area contributed by atoms with Gasteiger partial charge in [0.05, 0.1) is 19.9 Å². The highest BCUT2D eigenvalue weighted by atomic mass is 31.2. The second-order valence-electron chi connectivity index (χ2n) is 2.83. The van der Waals surface area contributed by atoms with Gasteiger partial charge in [0.1, 0.15) is 5.75 Å². The van der Waals surface area contributed by atoms with E-state index in [2.05, 4.69) is 4.52 Å². The molecule has 0 aliphatic rings. The lowest BCUT2D eigenvalue weighted by atomic mass is 10.2. The molecule has 0 atom stereocenters. The summed E-state index contributed by atoms with van der Waals surface area (Å²) in [5.74, 6) is 0.216. The first-order valence-corrected chi connectivity index (χ1v) is 5.67. The van der Waals surface area contributed by atoms with E-state index in [0.717, 1.165) is 0 Å². The van der Waals surface area contributed by atoms with E-state index in [1.165, 1.54) is 26.4 Å². The fourth-order valence-electron chi connectivity index (χ4n) is 1.09. The molecule has 0 amide bonds. The standard InChI is InChI=1S/C8H12NO6P/c1-13-6-4-8(15-16(10,11)12)7(14-2)3-5(6)9/h3-4H,9H2,1-2H3,(H2,10,11,12). The van der Waals surface area contributed by atoms with Gasteiger partial charge in [-0.3, -0.25) is 9.79 Å². The normalized spacial score (nSPS) is 11.0. The molecule has 1 rings (SSSR count). The first-order valence-electron chi connectivity index (χ1n) is 4.14. The van der Waals surface area contributed by atoms with Crippen molar-refractivity contribution >= 4 is 13.5 Å². The number of nitrogen functional groups attached to an aromatic ring is 1. The number of anilines is 1. The number of benzene rings is 1. The second-order valence-corrected chi connectivity index (χ2v) is 3.99. The lowest BCUT2D eigenvalue weighted by Crippen LogP contribution is -1.98. The minimum Gasteiger partial charge on any atom is -0.494 e. The van der Waals surface area contributed by atoms with Crippen LogP contribution in [0.15, 0.2) is 12.1 Å². The average molecular weight is 249 g/mol. The van der Waals surface area contributed by atoms with Gasteiger partial charge in [0.25, 0.3) is 0 Å². The molecule has 0 unspecified atom stereocenters. The third kappa shape index (κ3) is 3.03. The highest BCUT2D eigenvalue weighted by molar-refractivity contribution is 7.46. The zero-order chi connectivity index (χ0) is 12.3. The summed E-state index contributed by atoms with van der Waals surface area (Å²) in [6, 6.07) is 2.59. The van der Waals surface area contributed by atoms with Crippen LogP contribution in [0.1, 0.15) is 0 Å². The van der Waals surface area contributed by atoms with E-state index in [1.54, 1.807) is 0 Å². The van der Waals surface area contributed by atoms with E-state index in [0.29, 0.717) is 0 Å². The van der Waals surface area contributed by atoms with Gasteiger partial charge in [-0.2, -0.15) is 0 Å². The van der Waals surface area contributed by atoms with Crippen LogP contribution in [0.4, 0.5) is 5.69 Å². The van der Waals surface area contributed by atoms with Crippen LogP contribution in [0.2, 0.25) is 0 Å². The Morgan fingerprint density at radius 3 is 2.12 bits per heavy atom.